The van der Waals surface area contributed by atoms with Gasteiger partial charge >= 0.3 is 0 Å². The Morgan fingerprint density at radius 3 is 2.60 bits per heavy atom. The zero-order valence-corrected chi connectivity index (χ0v) is 10.8. The molecule has 0 saturated carbocycles. The molecule has 0 aliphatic rings. The van der Waals surface area contributed by atoms with Gasteiger partial charge in [0.1, 0.15) is 0 Å². The normalized spacial score (nSPS) is 9.90. The third kappa shape index (κ3) is 4.82. The first-order chi connectivity index (χ1) is 9.58. The first kappa shape index (κ1) is 15.9. The van der Waals surface area contributed by atoms with Crippen molar-refractivity contribution < 1.29 is 18.3 Å². The highest BCUT2D eigenvalue weighted by molar-refractivity contribution is 5.77. The molecule has 1 rings (SSSR count). The summed E-state index contributed by atoms with van der Waals surface area (Å²) in [7, 11) is 0. The van der Waals surface area contributed by atoms with E-state index in [9.17, 15) is 13.6 Å². The summed E-state index contributed by atoms with van der Waals surface area (Å²) in [5.41, 5.74) is 5.73. The van der Waals surface area contributed by atoms with Crippen molar-refractivity contribution in [1.29, 1.82) is 5.26 Å². The number of hydrogen-bond acceptors (Lipinski definition) is 4. The number of halogens is 2. The van der Waals surface area contributed by atoms with Crippen molar-refractivity contribution in [3.8, 4) is 11.8 Å². The van der Waals surface area contributed by atoms with Crippen LogP contribution in [0.3, 0.4) is 0 Å². The van der Waals surface area contributed by atoms with Crippen LogP contribution in [0.1, 0.15) is 12.0 Å². The number of ether oxygens (including phenoxy) is 1. The highest BCUT2D eigenvalue weighted by atomic mass is 19.1. The topological polar surface area (TPSA) is 88.1 Å². The summed E-state index contributed by atoms with van der Waals surface area (Å²) in [5.74, 6) is -2.90. The van der Waals surface area contributed by atoms with Gasteiger partial charge in [0.25, 0.3) is 5.91 Å². The number of nitrogens with zero attached hydrogens (tertiary/aromatic N) is 1. The second kappa shape index (κ2) is 8.07. The SMILES string of the molecule is N#CCCNC(=O)COc1c(F)cc(CCN)cc1F. The van der Waals surface area contributed by atoms with E-state index in [0.717, 1.165) is 12.1 Å². The van der Waals surface area contributed by atoms with Crippen molar-refractivity contribution in [2.24, 2.45) is 5.73 Å². The summed E-state index contributed by atoms with van der Waals surface area (Å²) in [6.07, 6.45) is 0.505. The fourth-order valence-corrected chi connectivity index (χ4v) is 1.51. The Morgan fingerprint density at radius 1 is 1.40 bits per heavy atom. The minimum Gasteiger partial charge on any atom is -0.478 e. The number of amides is 1. The van der Waals surface area contributed by atoms with Gasteiger partial charge in [0.2, 0.25) is 0 Å². The zero-order chi connectivity index (χ0) is 15.0. The van der Waals surface area contributed by atoms with Gasteiger partial charge in [-0.1, -0.05) is 0 Å². The van der Waals surface area contributed by atoms with E-state index in [1.807, 2.05) is 6.07 Å². The van der Waals surface area contributed by atoms with Crippen LogP contribution in [0.5, 0.6) is 5.75 Å². The Bertz CT molecular complexity index is 492. The summed E-state index contributed by atoms with van der Waals surface area (Å²) in [5, 5.41) is 10.7. The van der Waals surface area contributed by atoms with Gasteiger partial charge in [-0.05, 0) is 30.7 Å². The lowest BCUT2D eigenvalue weighted by atomic mass is 10.1. The number of carbonyl (C=O) groups is 1. The maximum Gasteiger partial charge on any atom is 0.257 e. The van der Waals surface area contributed by atoms with E-state index in [-0.39, 0.29) is 19.5 Å². The fourth-order valence-electron chi connectivity index (χ4n) is 1.51. The molecule has 0 aliphatic carbocycles. The van der Waals surface area contributed by atoms with Crippen molar-refractivity contribution in [2.45, 2.75) is 12.8 Å². The van der Waals surface area contributed by atoms with E-state index < -0.39 is 29.9 Å². The smallest absolute Gasteiger partial charge is 0.257 e. The molecule has 7 heteroatoms. The Kier molecular flexibility index (Phi) is 6.40. The number of nitrogens with two attached hydrogens (primary N) is 1. The monoisotopic (exact) mass is 283 g/mol. The van der Waals surface area contributed by atoms with Crippen LogP contribution in [0.4, 0.5) is 8.78 Å². The molecule has 0 atom stereocenters. The second-order valence-corrected chi connectivity index (χ2v) is 3.97. The Hall–Kier alpha value is -2.20. The Morgan fingerprint density at radius 2 is 2.05 bits per heavy atom. The largest absolute Gasteiger partial charge is 0.478 e. The number of nitrogens with one attached hydrogen (secondary N) is 1. The molecule has 1 amide bonds. The lowest BCUT2D eigenvalue weighted by Gasteiger charge is -2.10. The van der Waals surface area contributed by atoms with Crippen LogP contribution < -0.4 is 15.8 Å². The number of benzene rings is 1. The van der Waals surface area contributed by atoms with Crippen LogP contribution in [0.2, 0.25) is 0 Å². The lowest BCUT2D eigenvalue weighted by molar-refractivity contribution is -0.123. The number of nitriles is 1. The molecule has 0 saturated heterocycles. The van der Waals surface area contributed by atoms with Crippen LogP contribution in [-0.2, 0) is 11.2 Å². The summed E-state index contributed by atoms with van der Waals surface area (Å²) < 4.78 is 32.0. The van der Waals surface area contributed by atoms with E-state index in [1.165, 1.54) is 0 Å². The van der Waals surface area contributed by atoms with Crippen molar-refractivity contribution in [1.82, 2.24) is 5.32 Å². The first-order valence-corrected chi connectivity index (χ1v) is 6.03. The van der Waals surface area contributed by atoms with Crippen molar-refractivity contribution >= 4 is 5.91 Å². The van der Waals surface area contributed by atoms with Crippen LogP contribution in [0, 0.1) is 23.0 Å². The van der Waals surface area contributed by atoms with E-state index in [1.54, 1.807) is 0 Å². The highest BCUT2D eigenvalue weighted by Crippen LogP contribution is 2.23. The summed E-state index contributed by atoms with van der Waals surface area (Å²) >= 11 is 0. The van der Waals surface area contributed by atoms with Gasteiger partial charge in [0.05, 0.1) is 12.5 Å². The predicted molar refractivity (Wildman–Crippen MR) is 67.9 cm³/mol. The van der Waals surface area contributed by atoms with Gasteiger partial charge in [0.15, 0.2) is 24.0 Å². The molecular formula is C13H15F2N3O2. The summed E-state index contributed by atoms with van der Waals surface area (Å²) in [6, 6.07) is 4.10. The van der Waals surface area contributed by atoms with Gasteiger partial charge in [-0.2, -0.15) is 5.26 Å². The van der Waals surface area contributed by atoms with Gasteiger partial charge in [-0.25, -0.2) is 8.78 Å². The molecule has 0 radical (unpaired) electrons. The predicted octanol–water partition coefficient (Wildman–Crippen LogP) is 0.875. The number of carbonyl (C=O) groups excluding carboxylic acids is 1. The molecule has 0 aromatic heterocycles. The van der Waals surface area contributed by atoms with Gasteiger partial charge in [-0.3, -0.25) is 4.79 Å². The van der Waals surface area contributed by atoms with Gasteiger partial charge in [-0.15, -0.1) is 0 Å². The van der Waals surface area contributed by atoms with E-state index >= 15 is 0 Å². The van der Waals surface area contributed by atoms with Crippen molar-refractivity contribution in [3.05, 3.63) is 29.3 Å². The molecule has 108 valence electrons. The summed E-state index contributed by atoms with van der Waals surface area (Å²) in [4.78, 5) is 11.3. The molecule has 1 aromatic rings. The van der Waals surface area contributed by atoms with Crippen molar-refractivity contribution in [3.63, 3.8) is 0 Å². The Balaban J connectivity index is 2.60. The van der Waals surface area contributed by atoms with Gasteiger partial charge < -0.3 is 15.8 Å². The van der Waals surface area contributed by atoms with E-state index in [2.05, 4.69) is 5.32 Å². The second-order valence-electron chi connectivity index (χ2n) is 3.97. The molecule has 5 nitrogen and oxygen atoms in total. The summed E-state index contributed by atoms with van der Waals surface area (Å²) in [6.45, 7) is -0.0744. The first-order valence-electron chi connectivity index (χ1n) is 6.03. The minimum absolute atomic E-state index is 0.155. The van der Waals surface area contributed by atoms with Crippen LogP contribution in [0.15, 0.2) is 12.1 Å². The Labute approximate surface area is 115 Å². The standard InChI is InChI=1S/C13H15F2N3O2/c14-10-6-9(2-4-17)7-11(15)13(10)20-8-12(19)18-5-1-3-16/h6-7H,1-2,4-5,8,17H2,(H,18,19). The lowest BCUT2D eigenvalue weighted by Crippen LogP contribution is -2.29. The van der Waals surface area contributed by atoms with E-state index in [4.69, 9.17) is 15.7 Å². The third-order valence-corrected chi connectivity index (χ3v) is 2.40. The maximum atomic E-state index is 13.6. The maximum absolute atomic E-state index is 13.6. The van der Waals surface area contributed by atoms with Crippen LogP contribution in [-0.4, -0.2) is 25.6 Å². The fraction of sp³-hybridized carbons (Fsp3) is 0.385. The molecule has 0 heterocycles. The van der Waals surface area contributed by atoms with Crippen LogP contribution in [0.25, 0.3) is 0 Å². The molecule has 20 heavy (non-hydrogen) atoms. The number of rotatable bonds is 7. The number of hydrogen-bond donors (Lipinski definition) is 2. The molecule has 3 N–H and O–H groups in total. The molecule has 0 bridgehead atoms. The quantitative estimate of drug-likeness (QED) is 0.727. The molecule has 0 aliphatic heterocycles. The average molecular weight is 283 g/mol. The molecular weight excluding hydrogens is 268 g/mol. The highest BCUT2D eigenvalue weighted by Gasteiger charge is 2.14. The average Bonchev–Trinajstić information content (AvgIpc) is 2.38. The van der Waals surface area contributed by atoms with Gasteiger partial charge in [0, 0.05) is 6.54 Å². The zero-order valence-electron chi connectivity index (χ0n) is 10.8. The van der Waals surface area contributed by atoms with E-state index in [0.29, 0.717) is 12.0 Å². The molecule has 1 aromatic carbocycles. The molecule has 0 unspecified atom stereocenters. The third-order valence-electron chi connectivity index (χ3n) is 2.40. The van der Waals surface area contributed by atoms with Crippen LogP contribution >= 0.6 is 0 Å². The van der Waals surface area contributed by atoms with Crippen molar-refractivity contribution in [2.75, 3.05) is 19.7 Å². The minimum atomic E-state index is -0.877. The molecule has 0 fully saturated rings. The molecule has 0 spiro atoms.